The van der Waals surface area contributed by atoms with Gasteiger partial charge in [0.05, 0.1) is 0 Å². The largest absolute Gasteiger partial charge is 0.356 e. The molecule has 0 fully saturated rings. The van der Waals surface area contributed by atoms with Crippen molar-refractivity contribution in [1.82, 2.24) is 10.6 Å². The maximum atomic E-state index is 12.2. The molecule has 40 heavy (non-hydrogen) atoms. The number of carbonyl (C=O) groups is 2. The normalized spacial score (nSPS) is 12.0. The fourth-order valence-electron chi connectivity index (χ4n) is 5.56. The highest BCUT2D eigenvalue weighted by Crippen LogP contribution is 2.14. The van der Waals surface area contributed by atoms with Crippen molar-refractivity contribution < 1.29 is 9.59 Å². The number of hydrogen-bond donors (Lipinski definition) is 2. The standard InChI is InChI=1S/C36H72N2O2/c1-4-6-8-10-12-14-16-17-19-20-22-24-26-31-35(39)37-33-29-28-30-34(3)38-36(40)32-27-25-23-21-18-15-13-11-9-7-5-2/h34H,4-33H2,1-3H3,(H,37,39)(H,38,40)/t34-/m1/s1. The van der Waals surface area contributed by atoms with Crippen molar-refractivity contribution in [3.8, 4) is 0 Å². The topological polar surface area (TPSA) is 58.2 Å². The molecule has 0 saturated carbocycles. The van der Waals surface area contributed by atoms with Crippen LogP contribution in [0.15, 0.2) is 0 Å². The Labute approximate surface area is 251 Å². The third-order valence-electron chi connectivity index (χ3n) is 8.31. The van der Waals surface area contributed by atoms with Crippen LogP contribution in [-0.2, 0) is 9.59 Å². The van der Waals surface area contributed by atoms with Gasteiger partial charge in [0, 0.05) is 25.4 Å². The van der Waals surface area contributed by atoms with E-state index in [0.29, 0.717) is 12.8 Å². The molecule has 0 bridgehead atoms. The van der Waals surface area contributed by atoms with Gasteiger partial charge in [-0.05, 0) is 39.0 Å². The number of unbranched alkanes of at least 4 members (excludes halogenated alkanes) is 23. The zero-order valence-corrected chi connectivity index (χ0v) is 27.6. The van der Waals surface area contributed by atoms with Gasteiger partial charge >= 0.3 is 0 Å². The van der Waals surface area contributed by atoms with E-state index in [1.165, 1.54) is 141 Å². The fourth-order valence-corrected chi connectivity index (χ4v) is 5.56. The summed E-state index contributed by atoms with van der Waals surface area (Å²) in [5, 5.41) is 6.23. The molecule has 0 radical (unpaired) electrons. The van der Waals surface area contributed by atoms with Gasteiger partial charge in [-0.2, -0.15) is 0 Å². The Morgan fingerprint density at radius 1 is 0.450 bits per heavy atom. The molecule has 0 rings (SSSR count). The molecule has 4 nitrogen and oxygen atoms in total. The zero-order chi connectivity index (χ0) is 29.4. The van der Waals surface area contributed by atoms with E-state index in [4.69, 9.17) is 0 Å². The summed E-state index contributed by atoms with van der Waals surface area (Å²) < 4.78 is 0. The van der Waals surface area contributed by atoms with Crippen LogP contribution in [0, 0.1) is 0 Å². The van der Waals surface area contributed by atoms with Gasteiger partial charge < -0.3 is 10.6 Å². The second-order valence-electron chi connectivity index (χ2n) is 12.6. The molecule has 0 aliphatic carbocycles. The Morgan fingerprint density at radius 2 is 0.800 bits per heavy atom. The summed E-state index contributed by atoms with van der Waals surface area (Å²) in [6.45, 7) is 7.41. The second kappa shape index (κ2) is 32.5. The molecule has 1 atom stereocenters. The SMILES string of the molecule is CCCCCCCCCCCCCCCC(=O)NCCCC[C@@H](C)NC(=O)CCCCCCCCCCCCC. The summed E-state index contributed by atoms with van der Waals surface area (Å²) in [6.07, 6.45) is 36.1. The summed E-state index contributed by atoms with van der Waals surface area (Å²) in [6, 6.07) is 0.224. The van der Waals surface area contributed by atoms with E-state index < -0.39 is 0 Å². The summed E-state index contributed by atoms with van der Waals surface area (Å²) in [4.78, 5) is 24.3. The molecule has 0 saturated heterocycles. The molecule has 0 aromatic heterocycles. The Hall–Kier alpha value is -1.06. The van der Waals surface area contributed by atoms with Crippen molar-refractivity contribution in [1.29, 1.82) is 0 Å². The van der Waals surface area contributed by atoms with Crippen molar-refractivity contribution in [3.63, 3.8) is 0 Å². The quantitative estimate of drug-likeness (QED) is 0.0798. The van der Waals surface area contributed by atoms with Crippen molar-refractivity contribution in [2.75, 3.05) is 6.54 Å². The smallest absolute Gasteiger partial charge is 0.220 e. The van der Waals surface area contributed by atoms with Gasteiger partial charge in [0.15, 0.2) is 0 Å². The monoisotopic (exact) mass is 565 g/mol. The third kappa shape index (κ3) is 31.5. The molecule has 0 aromatic carbocycles. The van der Waals surface area contributed by atoms with E-state index in [-0.39, 0.29) is 17.9 Å². The number of hydrogen-bond acceptors (Lipinski definition) is 2. The van der Waals surface area contributed by atoms with Crippen LogP contribution in [0.2, 0.25) is 0 Å². The molecular weight excluding hydrogens is 492 g/mol. The Morgan fingerprint density at radius 3 is 1.20 bits per heavy atom. The Balaban J connectivity index is 3.38. The van der Waals surface area contributed by atoms with Gasteiger partial charge in [-0.15, -0.1) is 0 Å². The van der Waals surface area contributed by atoms with E-state index in [9.17, 15) is 9.59 Å². The molecular formula is C36H72N2O2. The first-order chi connectivity index (χ1) is 19.6. The summed E-state index contributed by atoms with van der Waals surface area (Å²) in [7, 11) is 0. The van der Waals surface area contributed by atoms with Crippen LogP contribution >= 0.6 is 0 Å². The number of rotatable bonds is 32. The van der Waals surface area contributed by atoms with Gasteiger partial charge in [-0.25, -0.2) is 0 Å². The number of amides is 2. The zero-order valence-electron chi connectivity index (χ0n) is 27.6. The van der Waals surface area contributed by atoms with Crippen molar-refractivity contribution in [2.24, 2.45) is 0 Å². The van der Waals surface area contributed by atoms with E-state index >= 15 is 0 Å². The van der Waals surface area contributed by atoms with E-state index in [0.717, 1.165) is 38.6 Å². The molecule has 0 heterocycles. The van der Waals surface area contributed by atoms with E-state index in [2.05, 4.69) is 31.4 Å². The number of carbonyl (C=O) groups excluding carboxylic acids is 2. The van der Waals surface area contributed by atoms with E-state index in [1.807, 2.05) is 0 Å². The van der Waals surface area contributed by atoms with Crippen molar-refractivity contribution in [3.05, 3.63) is 0 Å². The average Bonchev–Trinajstić information content (AvgIpc) is 2.94. The number of nitrogens with one attached hydrogen (secondary N) is 2. The van der Waals surface area contributed by atoms with E-state index in [1.54, 1.807) is 0 Å². The summed E-state index contributed by atoms with van der Waals surface area (Å²) >= 11 is 0. The summed E-state index contributed by atoms with van der Waals surface area (Å²) in [5.74, 6) is 0.408. The molecule has 2 amide bonds. The highest BCUT2D eigenvalue weighted by Gasteiger charge is 2.07. The molecule has 0 aliphatic rings. The van der Waals surface area contributed by atoms with Crippen LogP contribution in [0.1, 0.15) is 207 Å². The van der Waals surface area contributed by atoms with Gasteiger partial charge in [0.1, 0.15) is 0 Å². The first kappa shape index (κ1) is 38.9. The second-order valence-corrected chi connectivity index (χ2v) is 12.6. The van der Waals surface area contributed by atoms with Gasteiger partial charge in [-0.3, -0.25) is 9.59 Å². The molecule has 0 aromatic rings. The highest BCUT2D eigenvalue weighted by molar-refractivity contribution is 5.76. The minimum Gasteiger partial charge on any atom is -0.356 e. The molecule has 0 spiro atoms. The van der Waals surface area contributed by atoms with Gasteiger partial charge in [0.25, 0.3) is 0 Å². The molecule has 0 unspecified atom stereocenters. The minimum atomic E-state index is 0.203. The van der Waals surface area contributed by atoms with Gasteiger partial charge in [-0.1, -0.05) is 155 Å². The average molecular weight is 565 g/mol. The van der Waals surface area contributed by atoms with Crippen LogP contribution in [0.5, 0.6) is 0 Å². The predicted molar refractivity (Wildman–Crippen MR) is 176 cm³/mol. The first-order valence-corrected chi connectivity index (χ1v) is 18.2. The lowest BCUT2D eigenvalue weighted by Crippen LogP contribution is -2.32. The molecule has 4 heteroatoms. The maximum Gasteiger partial charge on any atom is 0.220 e. The molecule has 238 valence electrons. The van der Waals surface area contributed by atoms with Crippen LogP contribution in [-0.4, -0.2) is 24.4 Å². The Bertz CT molecular complexity index is 537. The maximum absolute atomic E-state index is 12.2. The lowest BCUT2D eigenvalue weighted by atomic mass is 10.0. The van der Waals surface area contributed by atoms with Crippen LogP contribution in [0.4, 0.5) is 0 Å². The van der Waals surface area contributed by atoms with Crippen LogP contribution < -0.4 is 10.6 Å². The van der Waals surface area contributed by atoms with Crippen LogP contribution in [0.25, 0.3) is 0 Å². The predicted octanol–water partition coefficient (Wildman–Crippen LogP) is 11.0. The highest BCUT2D eigenvalue weighted by atomic mass is 16.2. The first-order valence-electron chi connectivity index (χ1n) is 18.2. The lowest BCUT2D eigenvalue weighted by molar-refractivity contribution is -0.122. The lowest BCUT2D eigenvalue weighted by Gasteiger charge is -2.14. The molecule has 0 aliphatic heterocycles. The van der Waals surface area contributed by atoms with Crippen molar-refractivity contribution in [2.45, 2.75) is 213 Å². The minimum absolute atomic E-state index is 0.203. The third-order valence-corrected chi connectivity index (χ3v) is 8.31. The fraction of sp³-hybridized carbons (Fsp3) is 0.944. The van der Waals surface area contributed by atoms with Gasteiger partial charge in [0.2, 0.25) is 11.8 Å². The van der Waals surface area contributed by atoms with Crippen molar-refractivity contribution >= 4 is 11.8 Å². The van der Waals surface area contributed by atoms with Crippen LogP contribution in [0.3, 0.4) is 0 Å². The summed E-state index contributed by atoms with van der Waals surface area (Å²) in [5.41, 5.74) is 0. The Kier molecular flexibility index (Phi) is 31.6. The molecule has 2 N–H and O–H groups in total.